The van der Waals surface area contributed by atoms with Crippen molar-refractivity contribution in [3.05, 3.63) is 41.7 Å². The molecule has 1 unspecified atom stereocenters. The van der Waals surface area contributed by atoms with Gasteiger partial charge in [-0.2, -0.15) is 4.98 Å². The summed E-state index contributed by atoms with van der Waals surface area (Å²) in [7, 11) is 3.43. The summed E-state index contributed by atoms with van der Waals surface area (Å²) in [5.41, 5.74) is 2.55. The molecule has 10 heteroatoms. The molecule has 1 atom stereocenters. The van der Waals surface area contributed by atoms with Crippen LogP contribution in [0.4, 0.5) is 23.1 Å². The Bertz CT molecular complexity index is 1290. The standard InChI is InChI=1S/C31H43N7O3/c1-5-7-22-8-6-14-37(15-11-22)24-12-16-38(17-13-24)30(40)23-9-10-25(27(19-23)41-4)34-31-32-20-26-29(35-31)36(3)21(2)18-28(39)33-26/h9-10,18-20,22,24H,5-8,11-17H2,1-4H3,(H,33,39)(H,32,34,35). The van der Waals surface area contributed by atoms with Gasteiger partial charge < -0.3 is 30.1 Å². The zero-order chi connectivity index (χ0) is 28.9. The van der Waals surface area contributed by atoms with E-state index >= 15 is 0 Å². The molecule has 2 saturated heterocycles. The number of aromatic nitrogens is 2. The van der Waals surface area contributed by atoms with E-state index in [0.29, 0.717) is 40.5 Å². The first-order chi connectivity index (χ1) is 19.9. The van der Waals surface area contributed by atoms with Crippen molar-refractivity contribution in [3.63, 3.8) is 0 Å². The van der Waals surface area contributed by atoms with Gasteiger partial charge in [0.2, 0.25) is 11.9 Å². The maximum atomic E-state index is 13.4. The average Bonchev–Trinajstić information content (AvgIpc) is 3.28. The summed E-state index contributed by atoms with van der Waals surface area (Å²) in [4.78, 5) is 41.0. The SMILES string of the molecule is CCCC1CCCN(C2CCN(C(=O)c3ccc(Nc4ncc5c(n4)N(C)C(C)=CC(=O)N5)c(OC)c3)CC2)CC1. The van der Waals surface area contributed by atoms with Crippen LogP contribution in [-0.2, 0) is 4.79 Å². The molecular weight excluding hydrogens is 518 g/mol. The third-order valence-electron chi connectivity index (χ3n) is 8.76. The fraction of sp³-hybridized carbons (Fsp3) is 0.548. The highest BCUT2D eigenvalue weighted by molar-refractivity contribution is 6.03. The predicted octanol–water partition coefficient (Wildman–Crippen LogP) is 5.03. The van der Waals surface area contributed by atoms with Crippen molar-refractivity contribution < 1.29 is 14.3 Å². The van der Waals surface area contributed by atoms with Crippen LogP contribution >= 0.6 is 0 Å². The molecule has 1 aromatic carbocycles. The van der Waals surface area contributed by atoms with Crippen LogP contribution in [0.2, 0.25) is 0 Å². The fourth-order valence-corrected chi connectivity index (χ4v) is 6.31. The van der Waals surface area contributed by atoms with Crippen molar-refractivity contribution in [3.8, 4) is 5.75 Å². The number of allylic oxidation sites excluding steroid dienone is 1. The molecule has 220 valence electrons. The molecule has 41 heavy (non-hydrogen) atoms. The minimum Gasteiger partial charge on any atom is -0.495 e. The van der Waals surface area contributed by atoms with E-state index in [1.165, 1.54) is 51.3 Å². The smallest absolute Gasteiger partial charge is 0.253 e. The molecule has 3 aliphatic heterocycles. The summed E-state index contributed by atoms with van der Waals surface area (Å²) in [5, 5.41) is 6.01. The topological polar surface area (TPSA) is 103 Å². The quantitative estimate of drug-likeness (QED) is 0.486. The maximum absolute atomic E-state index is 13.4. The highest BCUT2D eigenvalue weighted by atomic mass is 16.5. The number of carbonyl (C=O) groups excluding carboxylic acids is 2. The van der Waals surface area contributed by atoms with Crippen molar-refractivity contribution >= 4 is 35.0 Å². The molecule has 0 spiro atoms. The van der Waals surface area contributed by atoms with Gasteiger partial charge in [-0.1, -0.05) is 19.8 Å². The summed E-state index contributed by atoms with van der Waals surface area (Å²) in [6, 6.07) is 6.01. The second-order valence-electron chi connectivity index (χ2n) is 11.4. The van der Waals surface area contributed by atoms with Crippen molar-refractivity contribution in [2.45, 2.75) is 64.8 Å². The molecule has 1 aromatic heterocycles. The van der Waals surface area contributed by atoms with Gasteiger partial charge in [-0.3, -0.25) is 9.59 Å². The molecule has 0 aliphatic carbocycles. The van der Waals surface area contributed by atoms with Crippen LogP contribution in [-0.4, -0.2) is 78.0 Å². The van der Waals surface area contributed by atoms with Gasteiger partial charge in [-0.15, -0.1) is 0 Å². The predicted molar refractivity (Wildman–Crippen MR) is 162 cm³/mol. The number of ether oxygens (including phenoxy) is 1. The third kappa shape index (κ3) is 6.64. The number of nitrogens with one attached hydrogen (secondary N) is 2. The van der Waals surface area contributed by atoms with E-state index < -0.39 is 0 Å². The van der Waals surface area contributed by atoms with E-state index in [4.69, 9.17) is 4.74 Å². The number of hydrogen-bond donors (Lipinski definition) is 2. The zero-order valence-corrected chi connectivity index (χ0v) is 24.8. The molecule has 0 saturated carbocycles. The lowest BCUT2D eigenvalue weighted by atomic mass is 9.96. The van der Waals surface area contributed by atoms with Gasteiger partial charge >= 0.3 is 0 Å². The lowest BCUT2D eigenvalue weighted by Crippen LogP contribution is -2.47. The minimum absolute atomic E-state index is 0.0353. The number of hydrogen-bond acceptors (Lipinski definition) is 8. The third-order valence-corrected chi connectivity index (χ3v) is 8.76. The van der Waals surface area contributed by atoms with Crippen LogP contribution in [0, 0.1) is 5.92 Å². The Morgan fingerprint density at radius 2 is 1.95 bits per heavy atom. The molecule has 0 radical (unpaired) electrons. The number of carbonyl (C=O) groups is 2. The Kier molecular flexibility index (Phi) is 9.07. The van der Waals surface area contributed by atoms with Crippen molar-refractivity contribution in [1.29, 1.82) is 0 Å². The molecule has 2 amide bonds. The summed E-state index contributed by atoms with van der Waals surface area (Å²) in [6.45, 7) is 8.09. The first-order valence-electron chi connectivity index (χ1n) is 14.9. The van der Waals surface area contributed by atoms with Gasteiger partial charge in [0.15, 0.2) is 5.82 Å². The molecule has 4 heterocycles. The molecule has 0 bridgehead atoms. The summed E-state index contributed by atoms with van der Waals surface area (Å²) in [6.07, 6.45) is 11.8. The monoisotopic (exact) mass is 561 g/mol. The van der Waals surface area contributed by atoms with Crippen molar-refractivity contribution in [2.75, 3.05) is 55.9 Å². The van der Waals surface area contributed by atoms with Crippen LogP contribution in [0.3, 0.4) is 0 Å². The number of piperidine rings is 1. The Labute approximate surface area is 243 Å². The first kappa shape index (κ1) is 28.9. The molecule has 2 fully saturated rings. The first-order valence-corrected chi connectivity index (χ1v) is 14.9. The second-order valence-corrected chi connectivity index (χ2v) is 11.4. The maximum Gasteiger partial charge on any atom is 0.253 e. The van der Waals surface area contributed by atoms with Gasteiger partial charge in [-0.25, -0.2) is 4.98 Å². The van der Waals surface area contributed by atoms with E-state index in [-0.39, 0.29) is 11.8 Å². The van der Waals surface area contributed by atoms with E-state index in [9.17, 15) is 9.59 Å². The Balaban J connectivity index is 1.22. The Hall–Kier alpha value is -3.66. The van der Waals surface area contributed by atoms with E-state index in [1.54, 1.807) is 19.4 Å². The highest BCUT2D eigenvalue weighted by Gasteiger charge is 2.29. The van der Waals surface area contributed by atoms with Crippen LogP contribution in [0.15, 0.2) is 36.2 Å². The van der Waals surface area contributed by atoms with E-state index in [2.05, 4.69) is 32.4 Å². The summed E-state index contributed by atoms with van der Waals surface area (Å²) >= 11 is 0. The van der Waals surface area contributed by atoms with Crippen molar-refractivity contribution in [2.24, 2.45) is 5.92 Å². The van der Waals surface area contributed by atoms with Gasteiger partial charge in [0.1, 0.15) is 11.4 Å². The van der Waals surface area contributed by atoms with Gasteiger partial charge in [0, 0.05) is 43.5 Å². The normalized spacial score (nSPS) is 20.4. The number of methoxy groups -OCH3 is 1. The highest BCUT2D eigenvalue weighted by Crippen LogP contribution is 2.32. The number of likely N-dealkylation sites (tertiary alicyclic amines) is 2. The molecule has 2 N–H and O–H groups in total. The number of rotatable bonds is 7. The molecule has 5 rings (SSSR count). The van der Waals surface area contributed by atoms with E-state index in [0.717, 1.165) is 37.5 Å². The van der Waals surface area contributed by atoms with Crippen LogP contribution in [0.25, 0.3) is 0 Å². The van der Waals surface area contributed by atoms with Gasteiger partial charge in [0.05, 0.1) is 19.0 Å². The average molecular weight is 562 g/mol. The number of benzene rings is 1. The number of fused-ring (bicyclic) bond motifs is 1. The Morgan fingerprint density at radius 3 is 2.71 bits per heavy atom. The second kappa shape index (κ2) is 12.9. The van der Waals surface area contributed by atoms with Gasteiger partial charge in [0.25, 0.3) is 5.91 Å². The lowest BCUT2D eigenvalue weighted by Gasteiger charge is -2.38. The summed E-state index contributed by atoms with van der Waals surface area (Å²) in [5.74, 6) is 2.17. The summed E-state index contributed by atoms with van der Waals surface area (Å²) < 4.78 is 5.64. The van der Waals surface area contributed by atoms with Crippen LogP contribution < -0.4 is 20.3 Å². The Morgan fingerprint density at radius 1 is 1.15 bits per heavy atom. The molecule has 10 nitrogen and oxygen atoms in total. The lowest BCUT2D eigenvalue weighted by molar-refractivity contribution is -0.111. The van der Waals surface area contributed by atoms with Crippen molar-refractivity contribution in [1.82, 2.24) is 19.8 Å². The van der Waals surface area contributed by atoms with Gasteiger partial charge in [-0.05, 0) is 76.2 Å². The number of amides is 2. The zero-order valence-electron chi connectivity index (χ0n) is 24.8. The number of anilines is 4. The minimum atomic E-state index is -0.217. The largest absolute Gasteiger partial charge is 0.495 e. The fourth-order valence-electron chi connectivity index (χ4n) is 6.31. The van der Waals surface area contributed by atoms with E-state index in [1.807, 2.05) is 35.9 Å². The number of nitrogens with zero attached hydrogens (tertiary/aromatic N) is 5. The van der Waals surface area contributed by atoms with Crippen LogP contribution in [0.5, 0.6) is 5.75 Å². The molecule has 3 aliphatic rings. The molecule has 2 aromatic rings. The van der Waals surface area contributed by atoms with Crippen LogP contribution in [0.1, 0.15) is 69.2 Å². The molecular formula is C31H43N7O3.